The van der Waals surface area contributed by atoms with Crippen molar-refractivity contribution in [3.05, 3.63) is 27.7 Å². The lowest BCUT2D eigenvalue weighted by Crippen LogP contribution is -2.48. The van der Waals surface area contributed by atoms with Gasteiger partial charge in [0.1, 0.15) is 5.41 Å². The molecule has 1 aliphatic carbocycles. The molecular formula is C12H11BrClNO3. The quantitative estimate of drug-likeness (QED) is 0.835. The van der Waals surface area contributed by atoms with Gasteiger partial charge in [-0.25, -0.2) is 0 Å². The van der Waals surface area contributed by atoms with Crippen LogP contribution in [0.2, 0.25) is 5.02 Å². The molecule has 0 unspecified atom stereocenters. The molecule has 0 aliphatic heterocycles. The summed E-state index contributed by atoms with van der Waals surface area (Å²) in [7, 11) is 0. The molecule has 18 heavy (non-hydrogen) atoms. The second-order valence-electron chi connectivity index (χ2n) is 4.32. The molecule has 2 N–H and O–H groups in total. The summed E-state index contributed by atoms with van der Waals surface area (Å²) < 4.78 is 0.721. The second-order valence-corrected chi connectivity index (χ2v) is 5.59. The molecule has 1 aromatic carbocycles. The molecule has 0 bridgehead atoms. The van der Waals surface area contributed by atoms with Crippen LogP contribution in [0.1, 0.15) is 19.3 Å². The third-order valence-electron chi connectivity index (χ3n) is 3.23. The summed E-state index contributed by atoms with van der Waals surface area (Å²) >= 11 is 9.15. The lowest BCUT2D eigenvalue weighted by molar-refractivity contribution is -0.159. The molecule has 0 saturated heterocycles. The third-order valence-corrected chi connectivity index (χ3v) is 4.46. The molecule has 1 fully saturated rings. The number of carbonyl (C=O) groups is 2. The molecule has 1 aromatic rings. The fraction of sp³-hybridized carbons (Fsp3) is 0.333. The molecule has 6 heteroatoms. The first-order valence-electron chi connectivity index (χ1n) is 5.45. The minimum atomic E-state index is -1.26. The van der Waals surface area contributed by atoms with Crippen molar-refractivity contribution < 1.29 is 14.7 Å². The molecule has 1 aliphatic rings. The number of halogens is 2. The van der Waals surface area contributed by atoms with Crippen LogP contribution < -0.4 is 5.32 Å². The zero-order valence-electron chi connectivity index (χ0n) is 9.37. The Morgan fingerprint density at radius 2 is 2.06 bits per heavy atom. The first-order chi connectivity index (χ1) is 8.45. The van der Waals surface area contributed by atoms with Crippen LogP contribution in [0.5, 0.6) is 0 Å². The van der Waals surface area contributed by atoms with Gasteiger partial charge in [-0.3, -0.25) is 9.59 Å². The van der Waals surface area contributed by atoms with E-state index >= 15 is 0 Å². The summed E-state index contributed by atoms with van der Waals surface area (Å²) in [5, 5.41) is 12.2. The van der Waals surface area contributed by atoms with Gasteiger partial charge in [0.25, 0.3) is 0 Å². The second kappa shape index (κ2) is 4.90. The van der Waals surface area contributed by atoms with Crippen molar-refractivity contribution in [1.82, 2.24) is 0 Å². The largest absolute Gasteiger partial charge is 0.480 e. The molecule has 1 amide bonds. The Morgan fingerprint density at radius 1 is 1.39 bits per heavy atom. The van der Waals surface area contributed by atoms with Crippen molar-refractivity contribution in [1.29, 1.82) is 0 Å². The lowest BCUT2D eigenvalue weighted by atomic mass is 9.68. The number of hydrogen-bond acceptors (Lipinski definition) is 2. The van der Waals surface area contributed by atoms with Gasteiger partial charge in [0, 0.05) is 10.2 Å². The molecule has 4 nitrogen and oxygen atoms in total. The number of hydrogen-bond donors (Lipinski definition) is 2. The van der Waals surface area contributed by atoms with E-state index in [2.05, 4.69) is 21.2 Å². The van der Waals surface area contributed by atoms with Gasteiger partial charge in [-0.15, -0.1) is 0 Å². The maximum Gasteiger partial charge on any atom is 0.319 e. The minimum absolute atomic E-state index is 0.387. The van der Waals surface area contributed by atoms with E-state index in [0.29, 0.717) is 23.6 Å². The van der Waals surface area contributed by atoms with Gasteiger partial charge < -0.3 is 10.4 Å². The van der Waals surface area contributed by atoms with E-state index in [1.54, 1.807) is 18.2 Å². The Hall–Kier alpha value is -1.07. The number of benzene rings is 1. The topological polar surface area (TPSA) is 66.4 Å². The Balaban J connectivity index is 2.16. The van der Waals surface area contributed by atoms with Gasteiger partial charge in [-0.1, -0.05) is 18.0 Å². The molecular weight excluding hydrogens is 321 g/mol. The Labute approximate surface area is 117 Å². The normalized spacial score (nSPS) is 16.8. The number of carbonyl (C=O) groups excluding carboxylic acids is 1. The third kappa shape index (κ3) is 2.24. The molecule has 0 spiro atoms. The number of amides is 1. The number of nitrogens with one attached hydrogen (secondary N) is 1. The molecule has 0 aromatic heterocycles. The van der Waals surface area contributed by atoms with Crippen LogP contribution in [0.4, 0.5) is 5.69 Å². The van der Waals surface area contributed by atoms with E-state index < -0.39 is 17.3 Å². The lowest BCUT2D eigenvalue weighted by Gasteiger charge is -2.35. The van der Waals surface area contributed by atoms with Crippen molar-refractivity contribution in [2.45, 2.75) is 19.3 Å². The first kappa shape index (κ1) is 13.4. The number of carboxylic acid groups (broad SMARTS) is 1. The predicted octanol–water partition coefficient (Wildman–Crippen LogP) is 3.30. The number of rotatable bonds is 3. The van der Waals surface area contributed by atoms with E-state index in [1.807, 2.05) is 0 Å². The van der Waals surface area contributed by atoms with Crippen molar-refractivity contribution in [3.8, 4) is 0 Å². The fourth-order valence-corrected chi connectivity index (χ4v) is 2.32. The molecule has 0 radical (unpaired) electrons. The zero-order valence-corrected chi connectivity index (χ0v) is 11.7. The number of aliphatic carboxylic acids is 1. The molecule has 0 atom stereocenters. The van der Waals surface area contributed by atoms with E-state index in [0.717, 1.165) is 10.9 Å². The van der Waals surface area contributed by atoms with Crippen LogP contribution in [0.25, 0.3) is 0 Å². The van der Waals surface area contributed by atoms with Gasteiger partial charge >= 0.3 is 5.97 Å². The van der Waals surface area contributed by atoms with E-state index in [9.17, 15) is 9.59 Å². The van der Waals surface area contributed by atoms with Crippen LogP contribution >= 0.6 is 27.5 Å². The Morgan fingerprint density at radius 3 is 2.50 bits per heavy atom. The summed E-state index contributed by atoms with van der Waals surface area (Å²) in [5.41, 5.74) is -0.764. The van der Waals surface area contributed by atoms with Gasteiger partial charge in [0.2, 0.25) is 5.91 Å². The molecule has 2 rings (SSSR count). The monoisotopic (exact) mass is 331 g/mol. The number of anilines is 1. The van der Waals surface area contributed by atoms with Crippen LogP contribution in [0.3, 0.4) is 0 Å². The van der Waals surface area contributed by atoms with E-state index in [-0.39, 0.29) is 0 Å². The average Bonchev–Trinajstić information content (AvgIpc) is 2.21. The summed E-state index contributed by atoms with van der Waals surface area (Å²) in [6, 6.07) is 4.95. The SMILES string of the molecule is O=C(O)C1(C(=O)Nc2ccc(Br)c(Cl)c2)CCC1. The van der Waals surface area contributed by atoms with Gasteiger partial charge in [0.15, 0.2) is 0 Å². The molecule has 1 saturated carbocycles. The van der Waals surface area contributed by atoms with Crippen LogP contribution in [-0.2, 0) is 9.59 Å². The Kier molecular flexibility index (Phi) is 3.64. The maximum atomic E-state index is 12.0. The average molecular weight is 333 g/mol. The van der Waals surface area contributed by atoms with E-state index in [1.165, 1.54) is 0 Å². The van der Waals surface area contributed by atoms with Crippen molar-refractivity contribution in [2.24, 2.45) is 5.41 Å². The summed E-state index contributed by atoms with van der Waals surface area (Å²) in [6.07, 6.45) is 1.54. The van der Waals surface area contributed by atoms with Crippen molar-refractivity contribution in [2.75, 3.05) is 5.32 Å². The summed E-state index contributed by atoms with van der Waals surface area (Å²) in [4.78, 5) is 23.2. The van der Waals surface area contributed by atoms with Gasteiger partial charge in [-0.05, 0) is 47.0 Å². The van der Waals surface area contributed by atoms with Crippen molar-refractivity contribution >= 4 is 45.1 Å². The van der Waals surface area contributed by atoms with Crippen LogP contribution in [0.15, 0.2) is 22.7 Å². The van der Waals surface area contributed by atoms with Crippen LogP contribution in [-0.4, -0.2) is 17.0 Å². The highest BCUT2D eigenvalue weighted by atomic mass is 79.9. The van der Waals surface area contributed by atoms with Gasteiger partial charge in [0.05, 0.1) is 5.02 Å². The van der Waals surface area contributed by atoms with E-state index in [4.69, 9.17) is 16.7 Å². The van der Waals surface area contributed by atoms with Crippen molar-refractivity contribution in [3.63, 3.8) is 0 Å². The molecule has 0 heterocycles. The fourth-order valence-electron chi connectivity index (χ4n) is 1.89. The standard InChI is InChI=1S/C12H11BrClNO3/c13-8-3-2-7(6-9(8)14)15-10(16)12(11(17)18)4-1-5-12/h2-3,6H,1,4-5H2,(H,15,16)(H,17,18). The van der Waals surface area contributed by atoms with Gasteiger partial charge in [-0.2, -0.15) is 0 Å². The smallest absolute Gasteiger partial charge is 0.319 e. The molecule has 96 valence electrons. The summed E-state index contributed by atoms with van der Waals surface area (Å²) in [6.45, 7) is 0. The zero-order chi connectivity index (χ0) is 13.3. The number of carboxylic acids is 1. The Bertz CT molecular complexity index is 514. The highest BCUT2D eigenvalue weighted by Gasteiger charge is 2.51. The maximum absolute atomic E-state index is 12.0. The first-order valence-corrected chi connectivity index (χ1v) is 6.63. The predicted molar refractivity (Wildman–Crippen MR) is 71.7 cm³/mol. The highest BCUT2D eigenvalue weighted by molar-refractivity contribution is 9.10. The minimum Gasteiger partial charge on any atom is -0.480 e. The summed E-state index contributed by atoms with van der Waals surface area (Å²) in [5.74, 6) is -1.53. The van der Waals surface area contributed by atoms with Crippen LogP contribution in [0, 0.1) is 5.41 Å². The highest BCUT2D eigenvalue weighted by Crippen LogP contribution is 2.42.